The zero-order valence-electron chi connectivity index (χ0n) is 17.2. The number of aryl methyl sites for hydroxylation is 1. The fraction of sp³-hybridized carbons (Fsp3) is 0.227. The zero-order chi connectivity index (χ0) is 21.8. The lowest BCUT2D eigenvalue weighted by Crippen LogP contribution is -2.29. The van der Waals surface area contributed by atoms with Crippen LogP contribution in [0.4, 0.5) is 0 Å². The molecule has 3 aromatic rings. The molecule has 1 N–H and O–H groups in total. The second-order valence-corrected chi connectivity index (χ2v) is 7.24. The second-order valence-electron chi connectivity index (χ2n) is 6.85. The van der Waals surface area contributed by atoms with Gasteiger partial charge < -0.3 is 19.2 Å². The predicted molar refractivity (Wildman–Crippen MR) is 118 cm³/mol. The largest absolute Gasteiger partial charge is 0.497 e. The van der Waals surface area contributed by atoms with Crippen LogP contribution in [0.5, 0.6) is 11.5 Å². The lowest BCUT2D eigenvalue weighted by molar-refractivity contribution is -0.122. The van der Waals surface area contributed by atoms with Crippen LogP contribution < -0.4 is 14.8 Å². The highest BCUT2D eigenvalue weighted by molar-refractivity contribution is 7.80. The van der Waals surface area contributed by atoms with E-state index in [1.807, 2.05) is 48.1 Å². The lowest BCUT2D eigenvalue weighted by atomic mass is 10.3. The molecule has 1 saturated heterocycles. The molecule has 4 rings (SSSR count). The molecule has 3 heterocycles. The van der Waals surface area contributed by atoms with E-state index in [2.05, 4.69) is 10.4 Å². The Morgan fingerprint density at radius 3 is 2.68 bits per heavy atom. The van der Waals surface area contributed by atoms with Gasteiger partial charge in [0.1, 0.15) is 35.3 Å². The van der Waals surface area contributed by atoms with Crippen molar-refractivity contribution in [2.75, 3.05) is 7.11 Å². The quantitative estimate of drug-likeness (QED) is 0.427. The van der Waals surface area contributed by atoms with Gasteiger partial charge in [-0.25, -0.2) is 0 Å². The summed E-state index contributed by atoms with van der Waals surface area (Å²) >= 11 is 5.33. The van der Waals surface area contributed by atoms with E-state index in [-0.39, 0.29) is 12.5 Å². The minimum absolute atomic E-state index is 0.207. The number of carbonyl (C=O) groups excluding carboxylic acids is 1. The summed E-state index contributed by atoms with van der Waals surface area (Å²) in [5.41, 5.74) is 1.28. The monoisotopic (exact) mass is 438 g/mol. The van der Waals surface area contributed by atoms with Crippen LogP contribution in [-0.4, -0.2) is 32.8 Å². The third-order valence-corrected chi connectivity index (χ3v) is 5.05. The van der Waals surface area contributed by atoms with Crippen molar-refractivity contribution in [2.45, 2.75) is 26.6 Å². The molecule has 1 fully saturated rings. The van der Waals surface area contributed by atoms with Crippen LogP contribution in [0.2, 0.25) is 0 Å². The second kappa shape index (κ2) is 9.05. The van der Waals surface area contributed by atoms with Crippen LogP contribution in [-0.2, 0) is 24.5 Å². The Balaban J connectivity index is 1.38. The molecule has 0 spiro atoms. The molecule has 0 unspecified atom stereocenters. The summed E-state index contributed by atoms with van der Waals surface area (Å²) in [4.78, 5) is 14.3. The third-order valence-electron chi connectivity index (χ3n) is 4.72. The first-order chi connectivity index (χ1) is 15.1. The summed E-state index contributed by atoms with van der Waals surface area (Å²) in [5, 5.41) is 7.55. The maximum Gasteiger partial charge on any atom is 0.276 e. The lowest BCUT2D eigenvalue weighted by Gasteiger charge is -2.12. The molecule has 0 atom stereocenters. The van der Waals surface area contributed by atoms with Crippen LogP contribution in [0.1, 0.15) is 24.0 Å². The van der Waals surface area contributed by atoms with Crippen molar-refractivity contribution < 1.29 is 18.7 Å². The standard InChI is InChI=1S/C22H22N4O4S/c1-3-25-12-15(11-23-25)13-26-21(27)20(24-22(26)31)10-18-8-9-19(30-18)14-29-17-6-4-16(28-2)5-7-17/h4-12H,3,13-14H2,1-2H3,(H,24,31)/b20-10+. The first-order valence-corrected chi connectivity index (χ1v) is 10.2. The number of methoxy groups -OCH3 is 1. The van der Waals surface area contributed by atoms with E-state index in [1.165, 1.54) is 4.90 Å². The van der Waals surface area contributed by atoms with Gasteiger partial charge >= 0.3 is 0 Å². The van der Waals surface area contributed by atoms with Crippen LogP contribution in [0.25, 0.3) is 6.08 Å². The zero-order valence-corrected chi connectivity index (χ0v) is 18.0. The molecule has 9 heteroatoms. The average Bonchev–Trinajstić information content (AvgIpc) is 3.49. The van der Waals surface area contributed by atoms with Crippen molar-refractivity contribution in [3.63, 3.8) is 0 Å². The van der Waals surface area contributed by atoms with E-state index >= 15 is 0 Å². The summed E-state index contributed by atoms with van der Waals surface area (Å²) in [5.74, 6) is 2.44. The van der Waals surface area contributed by atoms with Gasteiger partial charge in [-0.1, -0.05) is 0 Å². The minimum Gasteiger partial charge on any atom is -0.497 e. The molecule has 1 aromatic carbocycles. The maximum atomic E-state index is 12.8. The molecule has 8 nitrogen and oxygen atoms in total. The Labute approximate surface area is 185 Å². The Bertz CT molecular complexity index is 1120. The summed E-state index contributed by atoms with van der Waals surface area (Å²) < 4.78 is 18.4. The number of hydrogen-bond acceptors (Lipinski definition) is 6. The number of carbonyl (C=O) groups is 1. The number of rotatable bonds is 8. The van der Waals surface area contributed by atoms with E-state index in [9.17, 15) is 4.79 Å². The molecule has 1 amide bonds. The van der Waals surface area contributed by atoms with Crippen LogP contribution in [0, 0.1) is 0 Å². The van der Waals surface area contributed by atoms with E-state index < -0.39 is 0 Å². The van der Waals surface area contributed by atoms with Gasteiger partial charge in [0.2, 0.25) is 0 Å². The van der Waals surface area contributed by atoms with Gasteiger partial charge in [-0.2, -0.15) is 5.10 Å². The van der Waals surface area contributed by atoms with Crippen molar-refractivity contribution in [1.82, 2.24) is 20.0 Å². The topological polar surface area (TPSA) is 81.8 Å². The molecule has 0 saturated carbocycles. The Kier molecular flexibility index (Phi) is 6.03. The minimum atomic E-state index is -0.207. The highest BCUT2D eigenvalue weighted by Gasteiger charge is 2.31. The van der Waals surface area contributed by atoms with E-state index in [1.54, 1.807) is 25.4 Å². The van der Waals surface area contributed by atoms with Gasteiger partial charge in [0.05, 0.1) is 19.9 Å². The molecule has 31 heavy (non-hydrogen) atoms. The maximum absolute atomic E-state index is 12.8. The fourth-order valence-corrected chi connectivity index (χ4v) is 3.33. The number of ether oxygens (including phenoxy) is 2. The Morgan fingerprint density at radius 1 is 1.19 bits per heavy atom. The number of furan rings is 1. The summed E-state index contributed by atoms with van der Waals surface area (Å²) in [6.45, 7) is 3.40. The molecule has 1 aliphatic heterocycles. The summed E-state index contributed by atoms with van der Waals surface area (Å²) in [6.07, 6.45) is 5.28. The number of amides is 1. The Hall–Kier alpha value is -3.59. The third kappa shape index (κ3) is 4.77. The number of aromatic nitrogens is 2. The molecule has 2 aromatic heterocycles. The van der Waals surface area contributed by atoms with Crippen LogP contribution in [0.15, 0.2) is 58.9 Å². The number of thiocarbonyl (C=S) groups is 1. The SMILES string of the molecule is CCn1cc(CN2C(=O)/C(=C\c3ccc(COc4ccc(OC)cc4)o3)NC2=S)cn1. The van der Waals surface area contributed by atoms with Gasteiger partial charge in [-0.05, 0) is 55.5 Å². The number of nitrogens with one attached hydrogen (secondary N) is 1. The summed E-state index contributed by atoms with van der Waals surface area (Å²) in [7, 11) is 1.62. The number of nitrogens with zero attached hydrogens (tertiary/aromatic N) is 3. The van der Waals surface area contributed by atoms with Crippen molar-refractivity contribution in [2.24, 2.45) is 0 Å². The van der Waals surface area contributed by atoms with E-state index in [0.717, 1.165) is 17.9 Å². The molecular formula is C22H22N4O4S. The Morgan fingerprint density at radius 2 is 1.97 bits per heavy atom. The van der Waals surface area contributed by atoms with Crippen molar-refractivity contribution in [3.05, 3.63) is 71.6 Å². The van der Waals surface area contributed by atoms with Gasteiger partial charge in [-0.15, -0.1) is 0 Å². The van der Waals surface area contributed by atoms with Crippen LogP contribution >= 0.6 is 12.2 Å². The molecule has 160 valence electrons. The van der Waals surface area contributed by atoms with E-state index in [0.29, 0.717) is 34.6 Å². The first kappa shape index (κ1) is 20.7. The van der Waals surface area contributed by atoms with Gasteiger partial charge in [0, 0.05) is 24.4 Å². The molecule has 0 bridgehead atoms. The van der Waals surface area contributed by atoms with Gasteiger partial charge in [0.15, 0.2) is 5.11 Å². The number of benzene rings is 1. The van der Waals surface area contributed by atoms with Crippen molar-refractivity contribution in [1.29, 1.82) is 0 Å². The van der Waals surface area contributed by atoms with E-state index in [4.69, 9.17) is 26.1 Å². The van der Waals surface area contributed by atoms with Gasteiger partial charge in [0.25, 0.3) is 5.91 Å². The highest BCUT2D eigenvalue weighted by Crippen LogP contribution is 2.21. The van der Waals surface area contributed by atoms with Crippen molar-refractivity contribution >= 4 is 29.3 Å². The first-order valence-electron chi connectivity index (χ1n) is 9.77. The molecule has 0 radical (unpaired) electrons. The molecule has 1 aliphatic rings. The van der Waals surface area contributed by atoms with Crippen LogP contribution in [0.3, 0.4) is 0 Å². The highest BCUT2D eigenvalue weighted by atomic mass is 32.1. The van der Waals surface area contributed by atoms with Gasteiger partial charge in [-0.3, -0.25) is 14.4 Å². The number of hydrogen-bond donors (Lipinski definition) is 1. The molecule has 0 aliphatic carbocycles. The normalized spacial score (nSPS) is 14.9. The fourth-order valence-electron chi connectivity index (χ4n) is 3.08. The molecular weight excluding hydrogens is 416 g/mol. The summed E-state index contributed by atoms with van der Waals surface area (Å²) in [6, 6.07) is 10.9. The van der Waals surface area contributed by atoms with Crippen molar-refractivity contribution in [3.8, 4) is 11.5 Å². The average molecular weight is 439 g/mol. The predicted octanol–water partition coefficient (Wildman–Crippen LogP) is 3.34. The smallest absolute Gasteiger partial charge is 0.276 e.